The maximum atomic E-state index is 13.1. The molecule has 0 aliphatic carbocycles. The Balaban J connectivity index is 1.65. The summed E-state index contributed by atoms with van der Waals surface area (Å²) in [5, 5.41) is 6.87. The Morgan fingerprint density at radius 2 is 2.00 bits per heavy atom. The van der Waals surface area contributed by atoms with Crippen molar-refractivity contribution >= 4 is 5.91 Å². The second kappa shape index (κ2) is 7.78. The number of nitrogens with zero attached hydrogens (tertiary/aromatic N) is 2. The van der Waals surface area contributed by atoms with E-state index in [0.29, 0.717) is 30.3 Å². The third-order valence-corrected chi connectivity index (χ3v) is 4.40. The van der Waals surface area contributed by atoms with E-state index in [9.17, 15) is 9.18 Å². The number of hydrogen-bond acceptors (Lipinski definition) is 3. The molecule has 25 heavy (non-hydrogen) atoms. The Morgan fingerprint density at radius 3 is 2.64 bits per heavy atom. The Kier molecular flexibility index (Phi) is 5.48. The molecule has 2 aromatic rings. The van der Waals surface area contributed by atoms with Crippen molar-refractivity contribution in [2.75, 3.05) is 19.7 Å². The van der Waals surface area contributed by atoms with E-state index in [1.807, 2.05) is 4.90 Å². The maximum absolute atomic E-state index is 13.1. The predicted molar refractivity (Wildman–Crippen MR) is 93.7 cm³/mol. The number of halogens is 1. The molecule has 0 bridgehead atoms. The van der Waals surface area contributed by atoms with Crippen LogP contribution in [0.3, 0.4) is 0 Å². The fourth-order valence-electron chi connectivity index (χ4n) is 3.01. The highest BCUT2D eigenvalue weighted by atomic mass is 19.1. The van der Waals surface area contributed by atoms with Gasteiger partial charge in [0, 0.05) is 25.3 Å². The maximum Gasteiger partial charge on any atom is 0.257 e. The van der Waals surface area contributed by atoms with Gasteiger partial charge < -0.3 is 9.64 Å². The average molecular weight is 345 g/mol. The van der Waals surface area contributed by atoms with Gasteiger partial charge in [-0.2, -0.15) is 5.10 Å². The van der Waals surface area contributed by atoms with Crippen LogP contribution in [-0.4, -0.2) is 46.8 Å². The summed E-state index contributed by atoms with van der Waals surface area (Å²) in [4.78, 5) is 14.7. The molecule has 1 aliphatic rings. The van der Waals surface area contributed by atoms with Gasteiger partial charge in [-0.1, -0.05) is 13.8 Å². The van der Waals surface area contributed by atoms with Gasteiger partial charge in [-0.15, -0.1) is 0 Å². The molecule has 1 fully saturated rings. The van der Waals surface area contributed by atoms with Crippen molar-refractivity contribution in [2.24, 2.45) is 5.92 Å². The summed E-state index contributed by atoms with van der Waals surface area (Å²) in [5.74, 6) is 0.166. The van der Waals surface area contributed by atoms with Crippen LogP contribution in [0.5, 0.6) is 0 Å². The third-order valence-electron chi connectivity index (χ3n) is 4.40. The number of likely N-dealkylation sites (tertiary alicyclic amines) is 1. The van der Waals surface area contributed by atoms with Crippen molar-refractivity contribution in [1.82, 2.24) is 15.1 Å². The van der Waals surface area contributed by atoms with Gasteiger partial charge in [-0.3, -0.25) is 9.89 Å². The number of ether oxygens (including phenoxy) is 1. The van der Waals surface area contributed by atoms with Crippen molar-refractivity contribution in [3.8, 4) is 11.3 Å². The number of benzene rings is 1. The summed E-state index contributed by atoms with van der Waals surface area (Å²) in [5.41, 5.74) is 1.90. The highest BCUT2D eigenvalue weighted by Gasteiger charge is 2.26. The summed E-state index contributed by atoms with van der Waals surface area (Å²) in [6.45, 7) is 6.38. The third kappa shape index (κ3) is 4.25. The van der Waals surface area contributed by atoms with Crippen molar-refractivity contribution in [2.45, 2.75) is 32.8 Å². The lowest BCUT2D eigenvalue weighted by molar-refractivity contribution is -0.00229. The van der Waals surface area contributed by atoms with E-state index >= 15 is 0 Å². The number of aromatic nitrogens is 2. The molecule has 0 spiro atoms. The molecule has 1 saturated heterocycles. The van der Waals surface area contributed by atoms with Gasteiger partial charge >= 0.3 is 0 Å². The van der Waals surface area contributed by atoms with Crippen LogP contribution in [0.25, 0.3) is 11.3 Å². The number of hydrogen-bond donors (Lipinski definition) is 1. The van der Waals surface area contributed by atoms with Gasteiger partial charge in [-0.25, -0.2) is 4.39 Å². The van der Waals surface area contributed by atoms with Crippen molar-refractivity contribution in [3.63, 3.8) is 0 Å². The molecule has 5 nitrogen and oxygen atoms in total. The summed E-state index contributed by atoms with van der Waals surface area (Å²) in [6, 6.07) is 6.04. The standard InChI is InChI=1S/C19H24FN3O2/c1-13(2)12-25-16-7-9-23(10-8-16)19(24)17-11-21-22-18(17)14-3-5-15(20)6-4-14/h3-6,11,13,16H,7-10,12H2,1-2H3,(H,21,22). The number of carbonyl (C=O) groups excluding carboxylic acids is 1. The van der Waals surface area contributed by atoms with E-state index in [1.54, 1.807) is 18.3 Å². The first-order chi connectivity index (χ1) is 12.0. The molecule has 0 atom stereocenters. The highest BCUT2D eigenvalue weighted by molar-refractivity contribution is 5.99. The highest BCUT2D eigenvalue weighted by Crippen LogP contribution is 2.24. The quantitative estimate of drug-likeness (QED) is 0.902. The van der Waals surface area contributed by atoms with Crippen LogP contribution in [0.2, 0.25) is 0 Å². The first-order valence-corrected chi connectivity index (χ1v) is 8.74. The van der Waals surface area contributed by atoms with Gasteiger partial charge in [-0.05, 0) is 43.0 Å². The normalized spacial score (nSPS) is 15.8. The van der Waals surface area contributed by atoms with Crippen LogP contribution < -0.4 is 0 Å². The van der Waals surface area contributed by atoms with Crippen LogP contribution in [0.1, 0.15) is 37.0 Å². The Morgan fingerprint density at radius 1 is 1.32 bits per heavy atom. The Labute approximate surface area is 147 Å². The zero-order valence-corrected chi connectivity index (χ0v) is 14.7. The fraction of sp³-hybridized carbons (Fsp3) is 0.474. The summed E-state index contributed by atoms with van der Waals surface area (Å²) in [6.07, 6.45) is 3.47. The van der Waals surface area contributed by atoms with Crippen LogP contribution in [0, 0.1) is 11.7 Å². The summed E-state index contributed by atoms with van der Waals surface area (Å²) < 4.78 is 19.0. The van der Waals surface area contributed by atoms with Crippen molar-refractivity contribution in [1.29, 1.82) is 0 Å². The van der Waals surface area contributed by atoms with Crippen molar-refractivity contribution < 1.29 is 13.9 Å². The van der Waals surface area contributed by atoms with E-state index in [4.69, 9.17) is 4.74 Å². The van der Waals surface area contributed by atoms with Crippen molar-refractivity contribution in [3.05, 3.63) is 41.8 Å². The Hall–Kier alpha value is -2.21. The summed E-state index contributed by atoms with van der Waals surface area (Å²) >= 11 is 0. The first-order valence-electron chi connectivity index (χ1n) is 8.74. The van der Waals surface area contributed by atoms with Gasteiger partial charge in [0.15, 0.2) is 0 Å². The largest absolute Gasteiger partial charge is 0.378 e. The number of amides is 1. The molecule has 1 aromatic carbocycles. The molecule has 1 aromatic heterocycles. The van der Waals surface area contributed by atoms with E-state index in [-0.39, 0.29) is 17.8 Å². The molecule has 1 aliphatic heterocycles. The number of nitrogens with one attached hydrogen (secondary N) is 1. The molecule has 0 radical (unpaired) electrons. The van der Waals surface area contributed by atoms with Crippen LogP contribution in [0.15, 0.2) is 30.5 Å². The average Bonchev–Trinajstić information content (AvgIpc) is 3.10. The zero-order chi connectivity index (χ0) is 17.8. The molecule has 0 unspecified atom stereocenters. The second-order valence-corrected chi connectivity index (χ2v) is 6.88. The molecule has 0 saturated carbocycles. The van der Waals surface area contributed by atoms with E-state index in [2.05, 4.69) is 24.0 Å². The minimum atomic E-state index is -0.306. The lowest BCUT2D eigenvalue weighted by Gasteiger charge is -2.32. The smallest absolute Gasteiger partial charge is 0.257 e. The SMILES string of the molecule is CC(C)COC1CCN(C(=O)c2cn[nH]c2-c2ccc(F)cc2)CC1. The molecule has 2 heterocycles. The molecular formula is C19H24FN3O2. The van der Waals surface area contributed by atoms with Gasteiger partial charge in [0.1, 0.15) is 5.82 Å². The fourth-order valence-corrected chi connectivity index (χ4v) is 3.01. The predicted octanol–water partition coefficient (Wildman–Crippen LogP) is 3.49. The molecule has 3 rings (SSSR count). The second-order valence-electron chi connectivity index (χ2n) is 6.88. The van der Waals surface area contributed by atoms with Gasteiger partial charge in [0.05, 0.1) is 23.6 Å². The minimum Gasteiger partial charge on any atom is -0.378 e. The number of rotatable bonds is 5. The Bertz CT molecular complexity index is 704. The van der Waals surface area contributed by atoms with Crippen LogP contribution >= 0.6 is 0 Å². The molecule has 1 N–H and O–H groups in total. The summed E-state index contributed by atoms with van der Waals surface area (Å²) in [7, 11) is 0. The number of piperidine rings is 1. The molecule has 6 heteroatoms. The molecule has 134 valence electrons. The van der Waals surface area contributed by atoms with E-state index < -0.39 is 0 Å². The lowest BCUT2D eigenvalue weighted by Crippen LogP contribution is -2.41. The van der Waals surface area contributed by atoms with Crippen LogP contribution in [-0.2, 0) is 4.74 Å². The lowest BCUT2D eigenvalue weighted by atomic mass is 10.0. The van der Waals surface area contributed by atoms with Gasteiger partial charge in [0.25, 0.3) is 5.91 Å². The van der Waals surface area contributed by atoms with E-state index in [1.165, 1.54) is 12.1 Å². The minimum absolute atomic E-state index is 0.0459. The number of aromatic amines is 1. The monoisotopic (exact) mass is 345 g/mol. The first kappa shape index (κ1) is 17.6. The van der Waals surface area contributed by atoms with Gasteiger partial charge in [0.2, 0.25) is 0 Å². The number of carbonyl (C=O) groups is 1. The van der Waals surface area contributed by atoms with Crippen LogP contribution in [0.4, 0.5) is 4.39 Å². The molecular weight excluding hydrogens is 321 g/mol. The van der Waals surface area contributed by atoms with E-state index in [0.717, 1.165) is 25.0 Å². The zero-order valence-electron chi connectivity index (χ0n) is 14.7. The topological polar surface area (TPSA) is 58.2 Å². The molecule has 1 amide bonds. The number of H-pyrrole nitrogens is 1.